The Morgan fingerprint density at radius 2 is 1.50 bits per heavy atom. The minimum Gasteiger partial charge on any atom is -0.351 e. The summed E-state index contributed by atoms with van der Waals surface area (Å²) < 4.78 is 9.93. The summed E-state index contributed by atoms with van der Waals surface area (Å²) in [5.74, 6) is -0.433. The van der Waals surface area contributed by atoms with Gasteiger partial charge in [-0.25, -0.2) is 0 Å². The van der Waals surface area contributed by atoms with Gasteiger partial charge in [-0.3, -0.25) is 9.59 Å². The van der Waals surface area contributed by atoms with Crippen LogP contribution in [0.25, 0.3) is 0 Å². The molecule has 0 bridgehead atoms. The van der Waals surface area contributed by atoms with Crippen molar-refractivity contribution in [3.63, 3.8) is 0 Å². The summed E-state index contributed by atoms with van der Waals surface area (Å²) in [6.07, 6.45) is 1.27. The Morgan fingerprint density at radius 1 is 1.00 bits per heavy atom. The van der Waals surface area contributed by atoms with Crippen LogP contribution in [0, 0.1) is 13.8 Å². The molecule has 24 heavy (non-hydrogen) atoms. The van der Waals surface area contributed by atoms with Crippen molar-refractivity contribution in [3.8, 4) is 0 Å². The van der Waals surface area contributed by atoms with Crippen molar-refractivity contribution in [1.29, 1.82) is 0 Å². The Morgan fingerprint density at radius 3 is 1.92 bits per heavy atom. The van der Waals surface area contributed by atoms with Crippen molar-refractivity contribution in [1.82, 2.24) is 20.9 Å². The fourth-order valence-corrected chi connectivity index (χ4v) is 2.30. The maximum absolute atomic E-state index is 12.3. The average Bonchev–Trinajstić information content (AvgIpc) is 3.19. The number of nitrogens with zero attached hydrogens (tertiary/aromatic N) is 2. The van der Waals surface area contributed by atoms with Gasteiger partial charge in [0.05, 0.1) is 16.9 Å². The van der Waals surface area contributed by atoms with Crippen LogP contribution in [0.4, 0.5) is 0 Å². The number of carbonyl (C=O) groups excluding carboxylic acids is 2. The van der Waals surface area contributed by atoms with Crippen LogP contribution < -0.4 is 10.6 Å². The van der Waals surface area contributed by atoms with Gasteiger partial charge in [0.1, 0.15) is 0 Å². The highest BCUT2D eigenvalue weighted by atomic mass is 16.5. The van der Waals surface area contributed by atoms with Crippen molar-refractivity contribution in [2.75, 3.05) is 6.54 Å². The van der Waals surface area contributed by atoms with E-state index in [1.165, 1.54) is 0 Å². The second kappa shape index (κ2) is 7.29. The van der Waals surface area contributed by atoms with Gasteiger partial charge < -0.3 is 19.7 Å². The zero-order chi connectivity index (χ0) is 17.7. The molecule has 0 aromatic carbocycles. The van der Waals surface area contributed by atoms with Crippen molar-refractivity contribution >= 4 is 11.8 Å². The first-order chi connectivity index (χ1) is 11.4. The fourth-order valence-electron chi connectivity index (χ4n) is 2.30. The van der Waals surface area contributed by atoms with Gasteiger partial charge in [0.2, 0.25) is 11.5 Å². The largest absolute Gasteiger partial charge is 0.351 e. The van der Waals surface area contributed by atoms with E-state index >= 15 is 0 Å². The number of nitrogens with one attached hydrogen (secondary N) is 2. The molecular formula is C16H22N4O4. The maximum Gasteiger partial charge on any atom is 0.290 e. The zero-order valence-electron chi connectivity index (χ0n) is 14.3. The number of hydrogen-bond acceptors (Lipinski definition) is 6. The molecule has 2 heterocycles. The molecule has 0 unspecified atom stereocenters. The van der Waals surface area contributed by atoms with Crippen LogP contribution in [0.15, 0.2) is 21.2 Å². The van der Waals surface area contributed by atoms with Crippen LogP contribution in [0.1, 0.15) is 59.2 Å². The first-order valence-corrected chi connectivity index (χ1v) is 7.86. The van der Waals surface area contributed by atoms with Crippen molar-refractivity contribution in [3.05, 3.63) is 35.0 Å². The van der Waals surface area contributed by atoms with Gasteiger partial charge in [0.15, 0.2) is 0 Å². The summed E-state index contributed by atoms with van der Waals surface area (Å²) in [7, 11) is 0. The summed E-state index contributed by atoms with van der Waals surface area (Å²) >= 11 is 0. The predicted octanol–water partition coefficient (Wildman–Crippen LogP) is 2.00. The highest BCUT2D eigenvalue weighted by Gasteiger charge is 2.31. The van der Waals surface area contributed by atoms with Crippen molar-refractivity contribution in [2.45, 2.75) is 46.1 Å². The van der Waals surface area contributed by atoms with Gasteiger partial charge in [-0.05, 0) is 26.7 Å². The van der Waals surface area contributed by atoms with Crippen LogP contribution in [0.3, 0.4) is 0 Å². The van der Waals surface area contributed by atoms with Gasteiger partial charge in [0.25, 0.3) is 11.8 Å². The van der Waals surface area contributed by atoms with Gasteiger partial charge in [-0.1, -0.05) is 24.2 Å². The lowest BCUT2D eigenvalue weighted by atomic mass is 9.92. The van der Waals surface area contributed by atoms with E-state index in [0.717, 1.165) is 0 Å². The number of hydrogen-bond donors (Lipinski definition) is 2. The van der Waals surface area contributed by atoms with Crippen LogP contribution in [0.5, 0.6) is 0 Å². The number of rotatable bonds is 7. The topological polar surface area (TPSA) is 110 Å². The van der Waals surface area contributed by atoms with Gasteiger partial charge in [0, 0.05) is 18.7 Å². The third-order valence-corrected chi connectivity index (χ3v) is 4.02. The molecule has 2 aromatic heterocycles. The lowest BCUT2D eigenvalue weighted by Crippen LogP contribution is -2.55. The first kappa shape index (κ1) is 17.7. The van der Waals surface area contributed by atoms with E-state index in [9.17, 15) is 9.59 Å². The third-order valence-electron chi connectivity index (χ3n) is 4.02. The summed E-state index contributed by atoms with van der Waals surface area (Å²) in [5.41, 5.74) is 0.668. The maximum atomic E-state index is 12.3. The monoisotopic (exact) mass is 334 g/mol. The Kier molecular flexibility index (Phi) is 5.38. The molecule has 0 saturated carbocycles. The Hall–Kier alpha value is -2.64. The smallest absolute Gasteiger partial charge is 0.290 e. The number of aryl methyl sites for hydroxylation is 2. The van der Waals surface area contributed by atoms with Crippen molar-refractivity contribution in [2.24, 2.45) is 0 Å². The normalized spacial score (nSPS) is 11.3. The quantitative estimate of drug-likeness (QED) is 0.801. The van der Waals surface area contributed by atoms with Crippen LogP contribution >= 0.6 is 0 Å². The molecule has 130 valence electrons. The molecule has 0 aliphatic rings. The highest BCUT2D eigenvalue weighted by molar-refractivity contribution is 5.93. The molecule has 0 radical (unpaired) electrons. The minimum atomic E-state index is -0.595. The van der Waals surface area contributed by atoms with E-state index in [0.29, 0.717) is 24.2 Å². The summed E-state index contributed by atoms with van der Waals surface area (Å²) in [5, 5.41) is 13.1. The fraction of sp³-hybridized carbons (Fsp3) is 0.500. The van der Waals surface area contributed by atoms with E-state index in [1.54, 1.807) is 26.0 Å². The van der Waals surface area contributed by atoms with E-state index < -0.39 is 5.54 Å². The van der Waals surface area contributed by atoms with E-state index in [2.05, 4.69) is 20.9 Å². The highest BCUT2D eigenvalue weighted by Crippen LogP contribution is 2.16. The lowest BCUT2D eigenvalue weighted by molar-refractivity contribution is 0.0820. The van der Waals surface area contributed by atoms with Crippen LogP contribution in [-0.4, -0.2) is 34.2 Å². The number of aromatic nitrogens is 2. The van der Waals surface area contributed by atoms with Crippen LogP contribution in [-0.2, 0) is 0 Å². The Labute approximate surface area is 139 Å². The minimum absolute atomic E-state index is 0.144. The second-order valence-electron chi connectivity index (χ2n) is 5.79. The van der Waals surface area contributed by atoms with E-state index in [-0.39, 0.29) is 29.9 Å². The first-order valence-electron chi connectivity index (χ1n) is 7.86. The average molecular weight is 334 g/mol. The molecule has 0 aliphatic heterocycles. The molecule has 2 aromatic rings. The van der Waals surface area contributed by atoms with Crippen molar-refractivity contribution < 1.29 is 18.6 Å². The Balaban J connectivity index is 2.03. The second-order valence-corrected chi connectivity index (χ2v) is 5.79. The Bertz CT molecular complexity index is 715. The molecule has 2 amide bonds. The number of amides is 2. The molecule has 8 nitrogen and oxygen atoms in total. The molecule has 2 N–H and O–H groups in total. The molecule has 2 rings (SSSR count). The summed E-state index contributed by atoms with van der Waals surface area (Å²) in [6, 6.07) is 3.13. The molecule has 8 heteroatoms. The molecule has 0 aliphatic carbocycles. The van der Waals surface area contributed by atoms with Gasteiger partial charge in [-0.15, -0.1) is 0 Å². The van der Waals surface area contributed by atoms with Crippen LogP contribution in [0.2, 0.25) is 0 Å². The lowest BCUT2D eigenvalue weighted by Gasteiger charge is -2.32. The molecule has 0 saturated heterocycles. The molecule has 0 fully saturated rings. The predicted molar refractivity (Wildman–Crippen MR) is 85.6 cm³/mol. The summed E-state index contributed by atoms with van der Waals surface area (Å²) in [6.45, 7) is 7.63. The third kappa shape index (κ3) is 4.01. The van der Waals surface area contributed by atoms with E-state index in [1.807, 2.05) is 13.8 Å². The molecule has 0 atom stereocenters. The van der Waals surface area contributed by atoms with E-state index in [4.69, 9.17) is 9.05 Å². The molecular weight excluding hydrogens is 312 g/mol. The standard InChI is InChI=1S/C16H22N4O4/c1-5-16(6-2,18-15(22)13-8-11(4)20-24-13)9-17-14(21)12-7-10(3)19-23-12/h7-8H,5-6,9H2,1-4H3,(H,17,21)(H,18,22). The molecule has 0 spiro atoms. The SMILES string of the molecule is CCC(CC)(CNC(=O)c1cc(C)no1)NC(=O)c1cc(C)no1. The number of carbonyl (C=O) groups is 2. The summed E-state index contributed by atoms with van der Waals surface area (Å²) in [4.78, 5) is 24.4. The van der Waals surface area contributed by atoms with Gasteiger partial charge >= 0.3 is 0 Å². The van der Waals surface area contributed by atoms with Gasteiger partial charge in [-0.2, -0.15) is 0 Å². The zero-order valence-corrected chi connectivity index (χ0v) is 14.3.